The lowest BCUT2D eigenvalue weighted by molar-refractivity contribution is -0.142. The third-order valence-electron chi connectivity index (χ3n) is 3.99. The van der Waals surface area contributed by atoms with Crippen molar-refractivity contribution in [2.75, 3.05) is 12.0 Å². The van der Waals surface area contributed by atoms with E-state index in [0.717, 1.165) is 0 Å². The van der Waals surface area contributed by atoms with Crippen LogP contribution in [0, 0.1) is 0 Å². The first kappa shape index (κ1) is 28.1. The fourth-order valence-electron chi connectivity index (χ4n) is 2.31. The van der Waals surface area contributed by atoms with Crippen LogP contribution >= 0.6 is 11.8 Å². The summed E-state index contributed by atoms with van der Waals surface area (Å²) < 4.78 is 0. The van der Waals surface area contributed by atoms with Crippen molar-refractivity contribution in [3.63, 3.8) is 0 Å². The van der Waals surface area contributed by atoms with Crippen molar-refractivity contribution in [3.8, 4) is 0 Å². The normalized spacial score (nSPS) is 14.4. The van der Waals surface area contributed by atoms with Crippen LogP contribution in [0.2, 0.25) is 0 Å². The zero-order chi connectivity index (χ0) is 24.1. The Kier molecular flexibility index (Phi) is 12.9. The predicted octanol–water partition coefficient (Wildman–Crippen LogP) is -3.23. The first-order valence-corrected chi connectivity index (χ1v) is 10.7. The zero-order valence-corrected chi connectivity index (χ0v) is 18.2. The van der Waals surface area contributed by atoms with Gasteiger partial charge in [-0.3, -0.25) is 24.0 Å². The maximum absolute atomic E-state index is 12.6. The van der Waals surface area contributed by atoms with Gasteiger partial charge in [-0.05, 0) is 31.8 Å². The molecule has 0 heterocycles. The van der Waals surface area contributed by atoms with E-state index in [2.05, 4.69) is 16.0 Å². The Morgan fingerprint density at radius 2 is 1.35 bits per heavy atom. The molecule has 0 aromatic carbocycles. The quantitative estimate of drug-likeness (QED) is 0.129. The van der Waals surface area contributed by atoms with Crippen LogP contribution in [0.15, 0.2) is 0 Å². The zero-order valence-electron chi connectivity index (χ0n) is 17.4. The number of carboxylic acid groups (broad SMARTS) is 1. The summed E-state index contributed by atoms with van der Waals surface area (Å²) in [5, 5.41) is 16.2. The number of primary amides is 2. The van der Waals surface area contributed by atoms with E-state index in [1.54, 1.807) is 6.26 Å². The second kappa shape index (κ2) is 14.2. The molecule has 13 nitrogen and oxygen atoms in total. The average molecular weight is 463 g/mol. The molecule has 0 aromatic heterocycles. The van der Waals surface area contributed by atoms with Crippen LogP contribution < -0.4 is 33.2 Å². The highest BCUT2D eigenvalue weighted by molar-refractivity contribution is 7.98. The van der Waals surface area contributed by atoms with Gasteiger partial charge >= 0.3 is 5.97 Å². The molecule has 0 aliphatic rings. The first-order chi connectivity index (χ1) is 14.4. The first-order valence-electron chi connectivity index (χ1n) is 9.34. The summed E-state index contributed by atoms with van der Waals surface area (Å²) in [6, 6.07) is -4.89. The highest BCUT2D eigenvalue weighted by atomic mass is 32.2. The minimum atomic E-state index is -1.40. The number of thioether (sulfide) groups is 1. The van der Waals surface area contributed by atoms with Crippen LogP contribution in [0.3, 0.4) is 0 Å². The minimum absolute atomic E-state index is 0.130. The Hall–Kier alpha value is -2.87. The number of nitrogens with one attached hydrogen (secondary N) is 3. The van der Waals surface area contributed by atoms with Crippen LogP contribution in [0.5, 0.6) is 0 Å². The molecule has 0 aromatic rings. The van der Waals surface area contributed by atoms with Gasteiger partial charge in [-0.2, -0.15) is 11.8 Å². The van der Waals surface area contributed by atoms with E-state index < -0.39 is 66.1 Å². The van der Waals surface area contributed by atoms with E-state index in [1.807, 2.05) is 0 Å². The van der Waals surface area contributed by atoms with Gasteiger partial charge in [0.05, 0.1) is 12.5 Å². The number of hydrogen-bond acceptors (Lipinski definition) is 8. The summed E-state index contributed by atoms with van der Waals surface area (Å²) in [6.45, 7) is 1.38. The predicted molar refractivity (Wildman–Crippen MR) is 112 cm³/mol. The van der Waals surface area contributed by atoms with Gasteiger partial charge in [-0.1, -0.05) is 0 Å². The number of carboxylic acids is 1. The van der Waals surface area contributed by atoms with Gasteiger partial charge in [0, 0.05) is 6.42 Å². The number of carbonyl (C=O) groups excluding carboxylic acids is 5. The van der Waals surface area contributed by atoms with Crippen molar-refractivity contribution in [3.05, 3.63) is 0 Å². The lowest BCUT2D eigenvalue weighted by Gasteiger charge is -2.24. The molecule has 0 fully saturated rings. The smallest absolute Gasteiger partial charge is 0.326 e. The average Bonchev–Trinajstić information content (AvgIpc) is 2.66. The molecule has 0 saturated heterocycles. The summed E-state index contributed by atoms with van der Waals surface area (Å²) in [6.07, 6.45) is 0.878. The van der Waals surface area contributed by atoms with Gasteiger partial charge in [0.15, 0.2) is 0 Å². The van der Waals surface area contributed by atoms with E-state index >= 15 is 0 Å². The Balaban J connectivity index is 5.39. The molecule has 10 N–H and O–H groups in total. The molecule has 5 amide bonds. The van der Waals surface area contributed by atoms with Crippen molar-refractivity contribution < 1.29 is 33.9 Å². The summed E-state index contributed by atoms with van der Waals surface area (Å²) in [5.74, 6) is -4.91. The summed E-state index contributed by atoms with van der Waals surface area (Å²) >= 11 is 1.38. The van der Waals surface area contributed by atoms with E-state index in [-0.39, 0.29) is 19.3 Å². The SMILES string of the molecule is CSCCC(NC(=O)C(CC(N)=O)NC(=O)C(C)N)C(=O)NC(CCC(N)=O)C(=O)O. The molecule has 0 spiro atoms. The number of hydrogen-bond donors (Lipinski definition) is 7. The molecule has 0 radical (unpaired) electrons. The number of carbonyl (C=O) groups is 6. The van der Waals surface area contributed by atoms with Crippen molar-refractivity contribution in [2.24, 2.45) is 17.2 Å². The molecule has 31 heavy (non-hydrogen) atoms. The second-order valence-corrected chi connectivity index (χ2v) is 7.75. The molecule has 4 unspecified atom stereocenters. The highest BCUT2D eigenvalue weighted by Crippen LogP contribution is 2.05. The standard InChI is InChI=1S/C17H30N6O7S/c1-8(18)14(26)23-11(7-13(20)25)16(28)21-9(5-6-31-2)15(27)22-10(17(29)30)3-4-12(19)24/h8-11H,3-7,18H2,1-2H3,(H2,19,24)(H2,20,25)(H,21,28)(H,22,27)(H,23,26)(H,29,30). The van der Waals surface area contributed by atoms with Gasteiger partial charge < -0.3 is 38.3 Å². The lowest BCUT2D eigenvalue weighted by Crippen LogP contribution is -2.57. The van der Waals surface area contributed by atoms with Crippen LogP contribution in [0.4, 0.5) is 0 Å². The van der Waals surface area contributed by atoms with E-state index in [9.17, 15) is 33.9 Å². The summed E-state index contributed by atoms with van der Waals surface area (Å²) in [7, 11) is 0. The fraction of sp³-hybridized carbons (Fsp3) is 0.647. The van der Waals surface area contributed by atoms with Crippen LogP contribution in [0.25, 0.3) is 0 Å². The van der Waals surface area contributed by atoms with Gasteiger partial charge in [-0.15, -0.1) is 0 Å². The maximum Gasteiger partial charge on any atom is 0.326 e. The monoisotopic (exact) mass is 462 g/mol. The molecular weight excluding hydrogens is 432 g/mol. The highest BCUT2D eigenvalue weighted by Gasteiger charge is 2.30. The Morgan fingerprint density at radius 3 is 1.81 bits per heavy atom. The van der Waals surface area contributed by atoms with Crippen LogP contribution in [-0.2, 0) is 28.8 Å². The summed E-state index contributed by atoms with van der Waals surface area (Å²) in [5.41, 5.74) is 15.6. The minimum Gasteiger partial charge on any atom is -0.480 e. The van der Waals surface area contributed by atoms with E-state index in [0.29, 0.717) is 5.75 Å². The number of aliphatic carboxylic acids is 1. The van der Waals surface area contributed by atoms with Crippen LogP contribution in [0.1, 0.15) is 32.6 Å². The third-order valence-corrected chi connectivity index (χ3v) is 4.63. The van der Waals surface area contributed by atoms with E-state index in [1.165, 1.54) is 18.7 Å². The Bertz CT molecular complexity index is 688. The molecule has 0 rings (SSSR count). The van der Waals surface area contributed by atoms with Crippen molar-refractivity contribution >= 4 is 47.3 Å². The molecule has 14 heteroatoms. The van der Waals surface area contributed by atoms with Gasteiger partial charge in [0.25, 0.3) is 0 Å². The number of nitrogens with two attached hydrogens (primary N) is 3. The van der Waals surface area contributed by atoms with Gasteiger partial charge in [-0.25, -0.2) is 4.79 Å². The third kappa shape index (κ3) is 11.8. The van der Waals surface area contributed by atoms with Crippen molar-refractivity contribution in [1.82, 2.24) is 16.0 Å². The molecule has 176 valence electrons. The molecule has 0 saturated carbocycles. The van der Waals surface area contributed by atoms with Crippen molar-refractivity contribution in [2.45, 2.75) is 56.8 Å². The Morgan fingerprint density at radius 1 is 0.839 bits per heavy atom. The molecule has 0 aliphatic carbocycles. The fourth-order valence-corrected chi connectivity index (χ4v) is 2.78. The Labute approximate surface area is 183 Å². The topological polar surface area (TPSA) is 237 Å². The van der Waals surface area contributed by atoms with Gasteiger partial charge in [0.1, 0.15) is 18.1 Å². The molecular formula is C17H30N6O7S. The van der Waals surface area contributed by atoms with Crippen molar-refractivity contribution in [1.29, 1.82) is 0 Å². The maximum atomic E-state index is 12.6. The number of amides is 5. The second-order valence-electron chi connectivity index (χ2n) is 6.77. The van der Waals surface area contributed by atoms with E-state index in [4.69, 9.17) is 17.2 Å². The largest absolute Gasteiger partial charge is 0.480 e. The van der Waals surface area contributed by atoms with Gasteiger partial charge in [0.2, 0.25) is 29.5 Å². The lowest BCUT2D eigenvalue weighted by atomic mass is 10.1. The summed E-state index contributed by atoms with van der Waals surface area (Å²) in [4.78, 5) is 70.6. The molecule has 0 aliphatic heterocycles. The van der Waals surface area contributed by atoms with Crippen LogP contribution in [-0.4, -0.2) is 76.8 Å². The number of rotatable bonds is 15. The molecule has 0 bridgehead atoms. The molecule has 4 atom stereocenters.